The van der Waals surface area contributed by atoms with Crippen molar-refractivity contribution in [3.8, 4) is 0 Å². The first-order chi connectivity index (χ1) is 13.8. The van der Waals surface area contributed by atoms with Gasteiger partial charge in [-0.05, 0) is 18.1 Å². The van der Waals surface area contributed by atoms with Crippen molar-refractivity contribution in [2.24, 2.45) is 0 Å². The van der Waals surface area contributed by atoms with Gasteiger partial charge in [0, 0.05) is 23.8 Å². The number of ketones is 1. The predicted octanol–water partition coefficient (Wildman–Crippen LogP) is 3.26. The maximum absolute atomic E-state index is 12.6. The van der Waals surface area contributed by atoms with Gasteiger partial charge in [-0.2, -0.15) is 0 Å². The van der Waals surface area contributed by atoms with Gasteiger partial charge in [0.25, 0.3) is 0 Å². The third-order valence-corrected chi connectivity index (χ3v) is 5.44. The topological polar surface area (TPSA) is 101 Å². The van der Waals surface area contributed by atoms with Crippen LogP contribution < -0.4 is 5.32 Å². The van der Waals surface area contributed by atoms with Gasteiger partial charge in [-0.15, -0.1) is 0 Å². The molecule has 2 atom stereocenters. The highest BCUT2D eigenvalue weighted by Crippen LogP contribution is 2.24. The first-order valence-electron chi connectivity index (χ1n) is 9.16. The summed E-state index contributed by atoms with van der Waals surface area (Å²) in [5, 5.41) is 11.3. The van der Waals surface area contributed by atoms with Crippen LogP contribution in [0.2, 0.25) is 0 Å². The van der Waals surface area contributed by atoms with E-state index >= 15 is 0 Å². The van der Waals surface area contributed by atoms with Gasteiger partial charge in [-0.3, -0.25) is 14.4 Å². The Balaban J connectivity index is 2.00. The fourth-order valence-electron chi connectivity index (χ4n) is 2.75. The summed E-state index contributed by atoms with van der Waals surface area (Å²) in [4.78, 5) is 47.3. The second-order valence-electron chi connectivity index (χ2n) is 6.59. The molecule has 2 rings (SSSR count). The van der Waals surface area contributed by atoms with Crippen molar-refractivity contribution in [2.45, 2.75) is 32.2 Å². The van der Waals surface area contributed by atoms with Crippen LogP contribution in [0.1, 0.15) is 47.7 Å². The highest BCUT2D eigenvalue weighted by atomic mass is 32.2. The molecule has 2 N–H and O–H groups in total. The van der Waals surface area contributed by atoms with Crippen LogP contribution in [0.25, 0.3) is 0 Å². The molecule has 2 aromatic carbocycles. The largest absolute Gasteiger partial charge is 0.480 e. The van der Waals surface area contributed by atoms with Gasteiger partial charge >= 0.3 is 5.97 Å². The molecule has 6 nitrogen and oxygen atoms in total. The van der Waals surface area contributed by atoms with E-state index in [1.165, 1.54) is 6.92 Å². The molecule has 2 unspecified atom stereocenters. The molecule has 0 aliphatic heterocycles. The van der Waals surface area contributed by atoms with Crippen molar-refractivity contribution < 1.29 is 24.3 Å². The lowest BCUT2D eigenvalue weighted by Gasteiger charge is -2.14. The monoisotopic (exact) mass is 413 g/mol. The number of carbonyl (C=O) groups is 4. The van der Waals surface area contributed by atoms with Crippen molar-refractivity contribution in [1.82, 2.24) is 5.32 Å². The summed E-state index contributed by atoms with van der Waals surface area (Å²) < 4.78 is 0. The van der Waals surface area contributed by atoms with Crippen molar-refractivity contribution in [3.05, 3.63) is 71.3 Å². The molecule has 152 valence electrons. The zero-order valence-corrected chi connectivity index (χ0v) is 17.1. The molecule has 2 aromatic rings. The van der Waals surface area contributed by atoms with Crippen LogP contribution in [0.3, 0.4) is 0 Å². The number of thioether (sulfide) groups is 1. The average molecular weight is 413 g/mol. The molecule has 1 amide bonds. The van der Waals surface area contributed by atoms with E-state index in [1.807, 2.05) is 6.07 Å². The Bertz CT molecular complexity index is 897. The Morgan fingerprint density at radius 1 is 1.00 bits per heavy atom. The summed E-state index contributed by atoms with van der Waals surface area (Å²) in [5.41, 5.74) is 1.81. The summed E-state index contributed by atoms with van der Waals surface area (Å²) in [7, 11) is 0. The number of benzene rings is 2. The van der Waals surface area contributed by atoms with Crippen molar-refractivity contribution >= 4 is 34.5 Å². The molecule has 0 fully saturated rings. The molecule has 0 spiro atoms. The summed E-state index contributed by atoms with van der Waals surface area (Å²) >= 11 is 1.02. The van der Waals surface area contributed by atoms with E-state index in [0.717, 1.165) is 17.3 Å². The number of carboxylic acid groups (broad SMARTS) is 1. The van der Waals surface area contributed by atoms with E-state index in [-0.39, 0.29) is 23.1 Å². The second-order valence-corrected chi connectivity index (χ2v) is 7.69. The molecule has 0 radical (unpaired) electrons. The van der Waals surface area contributed by atoms with Crippen molar-refractivity contribution in [1.29, 1.82) is 0 Å². The normalized spacial score (nSPS) is 12.6. The SMILES string of the molecule is CC(=O)NC(CCSC(=O)C(C)c1cccc(C(=O)c2ccccc2)c1)C(=O)O. The van der Waals surface area contributed by atoms with Crippen molar-refractivity contribution in [2.75, 3.05) is 5.75 Å². The first-order valence-corrected chi connectivity index (χ1v) is 10.1. The van der Waals surface area contributed by atoms with E-state index in [2.05, 4.69) is 5.32 Å². The molecule has 0 saturated carbocycles. The zero-order chi connectivity index (χ0) is 21.4. The Hall–Kier alpha value is -2.93. The number of nitrogens with one attached hydrogen (secondary N) is 1. The minimum atomic E-state index is -1.13. The van der Waals surface area contributed by atoms with Crippen LogP contribution >= 0.6 is 11.8 Å². The van der Waals surface area contributed by atoms with E-state index < -0.39 is 23.8 Å². The van der Waals surface area contributed by atoms with Gasteiger partial charge in [0.2, 0.25) is 5.91 Å². The van der Waals surface area contributed by atoms with E-state index in [9.17, 15) is 19.2 Å². The molecular weight excluding hydrogens is 390 g/mol. The van der Waals surface area contributed by atoms with E-state index in [4.69, 9.17) is 5.11 Å². The third-order valence-electron chi connectivity index (χ3n) is 4.36. The highest BCUT2D eigenvalue weighted by Gasteiger charge is 2.21. The Labute approximate surface area is 173 Å². The number of rotatable bonds is 9. The first kappa shape index (κ1) is 22.4. The quantitative estimate of drug-likeness (QED) is 0.612. The van der Waals surface area contributed by atoms with E-state index in [0.29, 0.717) is 11.1 Å². The molecule has 0 aliphatic rings. The third kappa shape index (κ3) is 6.57. The van der Waals surface area contributed by atoms with Gasteiger partial charge < -0.3 is 10.4 Å². The molecular formula is C22H23NO5S. The van der Waals surface area contributed by atoms with E-state index in [1.54, 1.807) is 55.5 Å². The van der Waals surface area contributed by atoms with Crippen LogP contribution in [0, 0.1) is 0 Å². The molecule has 0 saturated heterocycles. The second kappa shape index (κ2) is 10.6. The van der Waals surface area contributed by atoms with Crippen LogP contribution in [0.5, 0.6) is 0 Å². The summed E-state index contributed by atoms with van der Waals surface area (Å²) in [6.07, 6.45) is 0.143. The number of hydrogen-bond donors (Lipinski definition) is 2. The zero-order valence-electron chi connectivity index (χ0n) is 16.3. The van der Waals surface area contributed by atoms with Crippen molar-refractivity contribution in [3.63, 3.8) is 0 Å². The maximum atomic E-state index is 12.6. The van der Waals surface area contributed by atoms with Gasteiger partial charge in [-0.1, -0.05) is 67.2 Å². The predicted molar refractivity (Wildman–Crippen MR) is 112 cm³/mol. The molecule has 0 heterocycles. The van der Waals surface area contributed by atoms with Gasteiger partial charge in [0.05, 0.1) is 5.92 Å². The number of carbonyl (C=O) groups excluding carboxylic acids is 3. The van der Waals surface area contributed by atoms with Gasteiger partial charge in [0.1, 0.15) is 6.04 Å². The lowest BCUT2D eigenvalue weighted by atomic mass is 9.96. The Morgan fingerprint density at radius 2 is 1.66 bits per heavy atom. The number of carboxylic acids is 1. The minimum absolute atomic E-state index is 0.112. The van der Waals surface area contributed by atoms with Crippen LogP contribution in [0.4, 0.5) is 0 Å². The van der Waals surface area contributed by atoms with Gasteiger partial charge in [0.15, 0.2) is 10.9 Å². The summed E-state index contributed by atoms with van der Waals surface area (Å²) in [6, 6.07) is 14.9. The van der Waals surface area contributed by atoms with Crippen LogP contribution in [0.15, 0.2) is 54.6 Å². The Morgan fingerprint density at radius 3 is 2.28 bits per heavy atom. The number of hydrogen-bond acceptors (Lipinski definition) is 5. The summed E-state index contributed by atoms with van der Waals surface area (Å²) in [6.45, 7) is 3.00. The molecule has 0 bridgehead atoms. The lowest BCUT2D eigenvalue weighted by molar-refractivity contribution is -0.141. The summed E-state index contributed by atoms with van der Waals surface area (Å²) in [5.74, 6) is -1.86. The van der Waals surface area contributed by atoms with Crippen LogP contribution in [-0.2, 0) is 14.4 Å². The molecule has 29 heavy (non-hydrogen) atoms. The molecule has 0 aliphatic carbocycles. The fraction of sp³-hybridized carbons (Fsp3) is 0.273. The molecule has 7 heteroatoms. The molecule has 0 aromatic heterocycles. The highest BCUT2D eigenvalue weighted by molar-refractivity contribution is 8.13. The lowest BCUT2D eigenvalue weighted by Crippen LogP contribution is -2.40. The Kier molecular flexibility index (Phi) is 8.15. The van der Waals surface area contributed by atoms with Crippen LogP contribution in [-0.4, -0.2) is 39.7 Å². The standard InChI is InChI=1S/C22H23NO5S/c1-14(22(28)29-12-11-19(21(26)27)23-15(2)24)17-9-6-10-18(13-17)20(25)16-7-4-3-5-8-16/h3-10,13-14,19H,11-12H2,1-2H3,(H,23,24)(H,26,27). The maximum Gasteiger partial charge on any atom is 0.326 e. The fourth-order valence-corrected chi connectivity index (χ4v) is 3.69. The average Bonchev–Trinajstić information content (AvgIpc) is 2.72. The van der Waals surface area contributed by atoms with Gasteiger partial charge in [-0.25, -0.2) is 4.79 Å². The number of aliphatic carboxylic acids is 1. The smallest absolute Gasteiger partial charge is 0.326 e. The minimum Gasteiger partial charge on any atom is -0.480 e. The number of amides is 1.